The monoisotopic (exact) mass is 286 g/mol. The fourth-order valence-corrected chi connectivity index (χ4v) is 3.24. The maximum absolute atomic E-state index is 4.71. The Morgan fingerprint density at radius 1 is 1.15 bits per heavy atom. The lowest BCUT2D eigenvalue weighted by molar-refractivity contribution is 0.788. The number of aryl methyl sites for hydroxylation is 1. The topological polar surface area (TPSA) is 43.6 Å². The molecule has 0 aliphatic rings. The molecular weight excluding hydrogens is 268 g/mol. The molecule has 1 aromatic carbocycles. The summed E-state index contributed by atoms with van der Waals surface area (Å²) in [5.41, 5.74) is 3.03. The molecular formula is C15H18N4S. The Balaban J connectivity index is 2.10. The average Bonchev–Trinajstić information content (AvgIpc) is 2.80. The lowest BCUT2D eigenvalue weighted by Crippen LogP contribution is -1.98. The van der Waals surface area contributed by atoms with Gasteiger partial charge in [-0.1, -0.05) is 43.3 Å². The summed E-state index contributed by atoms with van der Waals surface area (Å²) < 4.78 is 2.21. The molecule has 0 spiro atoms. The first-order valence-corrected chi connectivity index (χ1v) is 8.08. The summed E-state index contributed by atoms with van der Waals surface area (Å²) in [6, 6.07) is 8.29. The highest BCUT2D eigenvalue weighted by atomic mass is 32.2. The molecule has 0 saturated heterocycles. The zero-order chi connectivity index (χ0) is 13.9. The van der Waals surface area contributed by atoms with Crippen LogP contribution in [0.15, 0.2) is 29.4 Å². The first kappa shape index (κ1) is 13.4. The van der Waals surface area contributed by atoms with Gasteiger partial charge in [-0.3, -0.25) is 0 Å². The molecule has 0 fully saturated rings. The third-order valence-corrected chi connectivity index (χ3v) is 4.32. The van der Waals surface area contributed by atoms with Crippen molar-refractivity contribution in [2.45, 2.75) is 38.4 Å². The molecule has 0 aliphatic heterocycles. The normalized spacial score (nSPS) is 11.5. The van der Waals surface area contributed by atoms with Crippen molar-refractivity contribution < 1.29 is 0 Å². The van der Waals surface area contributed by atoms with E-state index in [1.54, 1.807) is 11.8 Å². The Bertz CT molecular complexity index is 735. The van der Waals surface area contributed by atoms with Crippen molar-refractivity contribution in [3.05, 3.63) is 24.3 Å². The fraction of sp³-hybridized carbons (Fsp3) is 0.400. The van der Waals surface area contributed by atoms with Crippen LogP contribution >= 0.6 is 11.8 Å². The molecule has 2 heterocycles. The molecule has 0 saturated carbocycles. The second-order valence-electron chi connectivity index (χ2n) is 4.73. The molecule has 20 heavy (non-hydrogen) atoms. The summed E-state index contributed by atoms with van der Waals surface area (Å²) in [6.07, 6.45) is 2.38. The van der Waals surface area contributed by atoms with Crippen LogP contribution in [0.3, 0.4) is 0 Å². The number of thioether (sulfide) groups is 1. The van der Waals surface area contributed by atoms with E-state index in [0.29, 0.717) is 0 Å². The Hall–Kier alpha value is -1.62. The van der Waals surface area contributed by atoms with Crippen LogP contribution in [0, 0.1) is 0 Å². The number of unbranched alkanes of at least 4 members (excludes halogenated alkanes) is 1. The predicted molar refractivity (Wildman–Crippen MR) is 84.1 cm³/mol. The minimum absolute atomic E-state index is 0.781. The maximum Gasteiger partial charge on any atom is 0.211 e. The number of para-hydroxylation sites is 1. The zero-order valence-electron chi connectivity index (χ0n) is 11.8. The van der Waals surface area contributed by atoms with Crippen LogP contribution in [0.5, 0.6) is 0 Å². The minimum atomic E-state index is 0.781. The smallest absolute Gasteiger partial charge is 0.211 e. The molecule has 3 aromatic rings. The average molecular weight is 286 g/mol. The van der Waals surface area contributed by atoms with Gasteiger partial charge in [-0.05, 0) is 19.4 Å². The molecule has 4 nitrogen and oxygen atoms in total. The van der Waals surface area contributed by atoms with Gasteiger partial charge in [0, 0.05) is 17.7 Å². The quantitative estimate of drug-likeness (QED) is 0.527. The minimum Gasteiger partial charge on any atom is -0.324 e. The Morgan fingerprint density at radius 2 is 2.00 bits per heavy atom. The number of nitrogens with zero attached hydrogens (tertiary/aromatic N) is 4. The standard InChI is InChI=1S/C15H18N4S/c1-3-5-10-20-15-16-14-13(17-18-15)11-8-6-7-9-12(11)19(14)4-2/h6-9H,3-5,10H2,1-2H3. The molecule has 0 amide bonds. The van der Waals surface area contributed by atoms with Crippen LogP contribution in [0.4, 0.5) is 0 Å². The molecule has 0 radical (unpaired) electrons. The summed E-state index contributed by atoms with van der Waals surface area (Å²) in [6.45, 7) is 5.22. The van der Waals surface area contributed by atoms with E-state index in [1.165, 1.54) is 18.4 Å². The third kappa shape index (κ3) is 2.26. The SMILES string of the molecule is CCCCSc1nnc2c3ccccc3n(CC)c2n1. The number of hydrogen-bond donors (Lipinski definition) is 0. The molecule has 104 valence electrons. The van der Waals surface area contributed by atoms with Crippen molar-refractivity contribution in [3.8, 4) is 0 Å². The largest absolute Gasteiger partial charge is 0.324 e. The predicted octanol–water partition coefficient (Wildman–Crippen LogP) is 3.89. The molecule has 3 rings (SSSR count). The van der Waals surface area contributed by atoms with E-state index in [2.05, 4.69) is 46.8 Å². The second kappa shape index (κ2) is 5.79. The van der Waals surface area contributed by atoms with Crippen LogP contribution in [0.1, 0.15) is 26.7 Å². The van der Waals surface area contributed by atoms with E-state index in [9.17, 15) is 0 Å². The molecule has 5 heteroatoms. The number of hydrogen-bond acceptors (Lipinski definition) is 4. The molecule has 0 aliphatic carbocycles. The van der Waals surface area contributed by atoms with Crippen molar-refractivity contribution in [3.63, 3.8) is 0 Å². The van der Waals surface area contributed by atoms with Gasteiger partial charge in [-0.2, -0.15) is 0 Å². The number of fused-ring (bicyclic) bond motifs is 3. The molecule has 0 unspecified atom stereocenters. The number of rotatable bonds is 5. The van der Waals surface area contributed by atoms with Crippen molar-refractivity contribution >= 4 is 33.8 Å². The van der Waals surface area contributed by atoms with Crippen molar-refractivity contribution in [2.75, 3.05) is 5.75 Å². The van der Waals surface area contributed by atoms with E-state index < -0.39 is 0 Å². The first-order chi connectivity index (χ1) is 9.85. The number of aromatic nitrogens is 4. The van der Waals surface area contributed by atoms with Gasteiger partial charge in [0.05, 0.1) is 5.52 Å². The summed E-state index contributed by atoms with van der Waals surface area (Å²) in [7, 11) is 0. The highest BCUT2D eigenvalue weighted by molar-refractivity contribution is 7.99. The molecule has 0 N–H and O–H groups in total. The van der Waals surface area contributed by atoms with Gasteiger partial charge in [0.2, 0.25) is 5.16 Å². The van der Waals surface area contributed by atoms with E-state index in [4.69, 9.17) is 4.98 Å². The fourth-order valence-electron chi connectivity index (χ4n) is 2.38. The highest BCUT2D eigenvalue weighted by Gasteiger charge is 2.13. The van der Waals surface area contributed by atoms with Gasteiger partial charge in [-0.25, -0.2) is 4.98 Å². The Morgan fingerprint density at radius 3 is 2.80 bits per heavy atom. The summed E-state index contributed by atoms with van der Waals surface area (Å²) in [5, 5.41) is 10.6. The molecule has 0 bridgehead atoms. The van der Waals surface area contributed by atoms with Crippen molar-refractivity contribution in [1.82, 2.24) is 19.7 Å². The first-order valence-electron chi connectivity index (χ1n) is 7.09. The number of benzene rings is 1. The Labute approximate surface area is 122 Å². The van der Waals surface area contributed by atoms with E-state index in [1.807, 2.05) is 6.07 Å². The lowest BCUT2D eigenvalue weighted by Gasteiger charge is -2.02. The zero-order valence-corrected chi connectivity index (χ0v) is 12.7. The van der Waals surface area contributed by atoms with Crippen LogP contribution < -0.4 is 0 Å². The van der Waals surface area contributed by atoms with Crippen molar-refractivity contribution in [2.24, 2.45) is 0 Å². The van der Waals surface area contributed by atoms with Crippen LogP contribution in [-0.2, 0) is 6.54 Å². The van der Waals surface area contributed by atoms with E-state index in [-0.39, 0.29) is 0 Å². The summed E-state index contributed by atoms with van der Waals surface area (Å²) in [4.78, 5) is 4.71. The summed E-state index contributed by atoms with van der Waals surface area (Å²) in [5.74, 6) is 1.05. The van der Waals surface area contributed by atoms with Crippen molar-refractivity contribution in [1.29, 1.82) is 0 Å². The van der Waals surface area contributed by atoms with Gasteiger partial charge in [0.15, 0.2) is 5.65 Å². The van der Waals surface area contributed by atoms with Gasteiger partial charge in [-0.15, -0.1) is 10.2 Å². The van der Waals surface area contributed by atoms with Gasteiger partial charge in [0.25, 0.3) is 0 Å². The Kier molecular flexibility index (Phi) is 3.87. The van der Waals surface area contributed by atoms with Crippen LogP contribution in [-0.4, -0.2) is 25.5 Å². The van der Waals surface area contributed by atoms with E-state index in [0.717, 1.165) is 34.0 Å². The van der Waals surface area contributed by atoms with Gasteiger partial charge < -0.3 is 4.57 Å². The summed E-state index contributed by atoms with van der Waals surface area (Å²) >= 11 is 1.69. The molecule has 2 aromatic heterocycles. The van der Waals surface area contributed by atoms with Crippen LogP contribution in [0.25, 0.3) is 22.1 Å². The maximum atomic E-state index is 4.71. The highest BCUT2D eigenvalue weighted by Crippen LogP contribution is 2.27. The second-order valence-corrected chi connectivity index (χ2v) is 5.79. The van der Waals surface area contributed by atoms with E-state index >= 15 is 0 Å². The lowest BCUT2D eigenvalue weighted by atomic mass is 10.2. The van der Waals surface area contributed by atoms with Gasteiger partial charge in [0.1, 0.15) is 5.52 Å². The molecule has 0 atom stereocenters. The third-order valence-electron chi connectivity index (χ3n) is 3.40. The van der Waals surface area contributed by atoms with Crippen LogP contribution in [0.2, 0.25) is 0 Å². The van der Waals surface area contributed by atoms with Gasteiger partial charge >= 0.3 is 0 Å².